The van der Waals surface area contributed by atoms with Gasteiger partial charge in [0.2, 0.25) is 0 Å². The lowest BCUT2D eigenvalue weighted by Gasteiger charge is -2.01. The summed E-state index contributed by atoms with van der Waals surface area (Å²) in [6, 6.07) is 7.76. The van der Waals surface area contributed by atoms with Crippen LogP contribution < -0.4 is 21.5 Å². The summed E-state index contributed by atoms with van der Waals surface area (Å²) in [5, 5.41) is 2.31. The number of methoxy groups -OCH3 is 1. The largest absolute Gasteiger partial charge is 0.497 e. The van der Waals surface area contributed by atoms with Crippen LogP contribution in [0.5, 0.6) is 5.75 Å². The summed E-state index contributed by atoms with van der Waals surface area (Å²) in [5.41, 5.74) is 10.8. The predicted octanol–water partition coefficient (Wildman–Crippen LogP) is 2.15. The number of rotatable bonds is 4. The first-order valence-corrected chi connectivity index (χ1v) is 7.08. The van der Waals surface area contributed by atoms with Gasteiger partial charge >= 0.3 is 18.1 Å². The molecule has 1 aromatic heterocycles. The number of urea groups is 1. The van der Waals surface area contributed by atoms with Crippen molar-refractivity contribution in [2.75, 3.05) is 12.4 Å². The van der Waals surface area contributed by atoms with Crippen molar-refractivity contribution in [2.45, 2.75) is 0 Å². The Morgan fingerprint density at radius 2 is 1.78 bits per heavy atom. The van der Waals surface area contributed by atoms with E-state index in [1.54, 1.807) is 37.4 Å². The van der Waals surface area contributed by atoms with Gasteiger partial charge in [0.15, 0.2) is 0 Å². The highest BCUT2D eigenvalue weighted by atomic mass is 32.1. The van der Waals surface area contributed by atoms with E-state index >= 15 is 0 Å². The maximum atomic E-state index is 11.9. The lowest BCUT2D eigenvalue weighted by molar-refractivity contribution is 0.0644. The van der Waals surface area contributed by atoms with Crippen LogP contribution in [-0.2, 0) is 4.74 Å². The normalized spacial score (nSPS) is 9.96. The lowest BCUT2D eigenvalue weighted by Crippen LogP contribution is -2.22. The maximum Gasteiger partial charge on any atom is 0.412 e. The van der Waals surface area contributed by atoms with Crippen LogP contribution in [0.25, 0.3) is 10.4 Å². The third-order valence-electron chi connectivity index (χ3n) is 2.74. The monoisotopic (exact) mass is 335 g/mol. The molecule has 0 radical (unpaired) electrons. The highest BCUT2D eigenvalue weighted by Gasteiger charge is 2.21. The Hall–Kier alpha value is -3.07. The topological polar surface area (TPSA) is 134 Å². The third-order valence-corrected chi connectivity index (χ3v) is 3.91. The molecule has 0 aliphatic carbocycles. The van der Waals surface area contributed by atoms with Crippen molar-refractivity contribution in [3.05, 3.63) is 35.2 Å². The molecule has 0 unspecified atom stereocenters. The van der Waals surface area contributed by atoms with Gasteiger partial charge in [-0.25, -0.2) is 14.4 Å². The zero-order valence-corrected chi connectivity index (χ0v) is 12.8. The smallest absolute Gasteiger partial charge is 0.412 e. The van der Waals surface area contributed by atoms with Crippen LogP contribution in [0, 0.1) is 0 Å². The number of benzene rings is 1. The number of primary amides is 2. The molecule has 1 aromatic carbocycles. The second kappa shape index (κ2) is 6.79. The van der Waals surface area contributed by atoms with Gasteiger partial charge < -0.3 is 26.3 Å². The Kier molecular flexibility index (Phi) is 4.82. The van der Waals surface area contributed by atoms with E-state index in [2.05, 4.69) is 10.1 Å². The van der Waals surface area contributed by atoms with Gasteiger partial charge in [-0.3, -0.25) is 0 Å². The molecule has 2 aromatic rings. The molecule has 0 fully saturated rings. The second-order valence-electron chi connectivity index (χ2n) is 4.28. The van der Waals surface area contributed by atoms with E-state index in [4.69, 9.17) is 16.2 Å². The number of carbonyl (C=O) groups excluding carboxylic acids is 3. The quantitative estimate of drug-likeness (QED) is 0.581. The van der Waals surface area contributed by atoms with Crippen LogP contribution >= 0.6 is 11.3 Å². The molecule has 0 bridgehead atoms. The predicted molar refractivity (Wildman–Crippen MR) is 84.5 cm³/mol. The number of thiophene rings is 1. The van der Waals surface area contributed by atoms with Crippen molar-refractivity contribution in [2.24, 2.45) is 11.5 Å². The molecule has 0 saturated carbocycles. The van der Waals surface area contributed by atoms with Gasteiger partial charge in [0, 0.05) is 4.88 Å². The first-order valence-electron chi connectivity index (χ1n) is 6.27. The summed E-state index contributed by atoms with van der Waals surface area (Å²) < 4.78 is 9.42. The number of ether oxygens (including phenoxy) is 2. The summed E-state index contributed by atoms with van der Waals surface area (Å²) in [7, 11) is 1.55. The van der Waals surface area contributed by atoms with Gasteiger partial charge in [0.25, 0.3) is 0 Å². The minimum absolute atomic E-state index is 0.00779. The van der Waals surface area contributed by atoms with Gasteiger partial charge in [-0.05, 0) is 35.9 Å². The van der Waals surface area contributed by atoms with E-state index in [0.29, 0.717) is 10.6 Å². The molecule has 1 heterocycles. The van der Waals surface area contributed by atoms with E-state index < -0.39 is 18.1 Å². The lowest BCUT2D eigenvalue weighted by atomic mass is 10.2. The molecule has 2 rings (SSSR count). The van der Waals surface area contributed by atoms with Gasteiger partial charge in [0.1, 0.15) is 10.6 Å². The van der Waals surface area contributed by atoms with Crippen molar-refractivity contribution in [1.29, 1.82) is 0 Å². The van der Waals surface area contributed by atoms with Crippen LogP contribution in [0.15, 0.2) is 30.3 Å². The Balaban J connectivity index is 2.40. The Morgan fingerprint density at radius 3 is 2.30 bits per heavy atom. The molecule has 0 spiro atoms. The fraction of sp³-hybridized carbons (Fsp3) is 0.0714. The van der Waals surface area contributed by atoms with E-state index in [1.807, 2.05) is 0 Å². The van der Waals surface area contributed by atoms with Crippen molar-refractivity contribution in [1.82, 2.24) is 0 Å². The molecule has 0 saturated heterocycles. The Morgan fingerprint density at radius 1 is 1.13 bits per heavy atom. The molecule has 120 valence electrons. The molecule has 0 aliphatic rings. The van der Waals surface area contributed by atoms with Crippen LogP contribution in [0.4, 0.5) is 15.3 Å². The number of anilines is 1. The number of hydrogen-bond acceptors (Lipinski definition) is 6. The number of esters is 1. The number of nitrogens with one attached hydrogen (secondary N) is 1. The molecule has 3 amide bonds. The third kappa shape index (κ3) is 3.98. The van der Waals surface area contributed by atoms with Crippen molar-refractivity contribution in [3.8, 4) is 16.2 Å². The van der Waals surface area contributed by atoms with Gasteiger partial charge in [0.05, 0.1) is 12.8 Å². The molecule has 5 N–H and O–H groups in total. The van der Waals surface area contributed by atoms with Gasteiger partial charge in [-0.1, -0.05) is 0 Å². The minimum Gasteiger partial charge on any atom is -0.497 e. The molecule has 0 aliphatic heterocycles. The van der Waals surface area contributed by atoms with Crippen molar-refractivity contribution in [3.63, 3.8) is 0 Å². The first-order chi connectivity index (χ1) is 10.9. The first kappa shape index (κ1) is 16.3. The molecule has 0 atom stereocenters. The molecule has 8 nitrogen and oxygen atoms in total. The van der Waals surface area contributed by atoms with Crippen LogP contribution in [0.3, 0.4) is 0 Å². The van der Waals surface area contributed by atoms with E-state index in [9.17, 15) is 14.4 Å². The van der Waals surface area contributed by atoms with Crippen LogP contribution in [-0.4, -0.2) is 25.2 Å². The molecular weight excluding hydrogens is 322 g/mol. The fourth-order valence-electron chi connectivity index (χ4n) is 1.80. The maximum absolute atomic E-state index is 11.9. The Labute approximate surface area is 135 Å². The zero-order chi connectivity index (χ0) is 17.0. The minimum atomic E-state index is -1.24. The summed E-state index contributed by atoms with van der Waals surface area (Å²) in [4.78, 5) is 34.3. The van der Waals surface area contributed by atoms with Crippen LogP contribution in [0.2, 0.25) is 0 Å². The number of amides is 3. The summed E-state index contributed by atoms with van der Waals surface area (Å²) in [6.45, 7) is 0. The fourth-order valence-corrected chi connectivity index (χ4v) is 2.80. The summed E-state index contributed by atoms with van der Waals surface area (Å²) >= 11 is 1.02. The highest BCUT2D eigenvalue weighted by molar-refractivity contribution is 7.18. The van der Waals surface area contributed by atoms with Crippen LogP contribution in [0.1, 0.15) is 9.67 Å². The van der Waals surface area contributed by atoms with E-state index in [1.165, 1.54) is 0 Å². The van der Waals surface area contributed by atoms with Gasteiger partial charge in [-0.2, -0.15) is 0 Å². The number of carbonyl (C=O) groups is 3. The standard InChI is InChI=1S/C14H13N3O5S/c1-21-8-4-2-7(3-5-8)10-6-9(17-13(15)19)11(23-10)12(18)22-14(16)20/h2-6H,1H3,(H2,16,20)(H3,15,17,19). The van der Waals surface area contributed by atoms with Crippen molar-refractivity contribution >= 4 is 35.1 Å². The Bertz CT molecular complexity index is 754. The highest BCUT2D eigenvalue weighted by Crippen LogP contribution is 2.36. The summed E-state index contributed by atoms with van der Waals surface area (Å²) in [5.74, 6) is -0.292. The van der Waals surface area contributed by atoms with E-state index in [0.717, 1.165) is 16.9 Å². The molecule has 9 heteroatoms. The number of nitrogens with two attached hydrogens (primary N) is 2. The average Bonchev–Trinajstić information content (AvgIpc) is 2.90. The average molecular weight is 335 g/mol. The molecule has 23 heavy (non-hydrogen) atoms. The van der Waals surface area contributed by atoms with Crippen molar-refractivity contribution < 1.29 is 23.9 Å². The van der Waals surface area contributed by atoms with E-state index in [-0.39, 0.29) is 10.6 Å². The SMILES string of the molecule is COc1ccc(-c2cc(NC(N)=O)c(C(=O)OC(N)=O)s2)cc1. The number of hydrogen-bond donors (Lipinski definition) is 3. The zero-order valence-electron chi connectivity index (χ0n) is 12.0. The van der Waals surface area contributed by atoms with Gasteiger partial charge in [-0.15, -0.1) is 11.3 Å². The second-order valence-corrected chi connectivity index (χ2v) is 5.33. The summed E-state index contributed by atoms with van der Waals surface area (Å²) in [6.07, 6.45) is -1.24. The molecular formula is C14H13N3O5S.